The largest absolute Gasteiger partial charge is 0.398 e. The maximum absolute atomic E-state index is 10.8. The zero-order valence-corrected chi connectivity index (χ0v) is 6.78. The van der Waals surface area contributed by atoms with E-state index >= 15 is 0 Å². The molecule has 0 amide bonds. The topological polar surface area (TPSA) is 134 Å². The summed E-state index contributed by atoms with van der Waals surface area (Å²) >= 11 is 0. The fourth-order valence-electron chi connectivity index (χ4n) is 0.778. The molecule has 0 aromatic rings. The Balaban J connectivity index is 2.94. The molecule has 1 fully saturated rings. The molecule has 0 saturated carbocycles. The minimum atomic E-state index is -2.85. The average molecular weight is 208 g/mol. The fraction of sp³-hybridized carbons (Fsp3) is 0.667. The predicted molar refractivity (Wildman–Crippen MR) is 36.2 cm³/mol. The lowest BCUT2D eigenvalue weighted by Gasteiger charge is -2.21. The zero-order valence-electron chi connectivity index (χ0n) is 6.78. The van der Waals surface area contributed by atoms with Gasteiger partial charge in [0.05, 0.1) is 0 Å². The molecule has 0 aromatic heterocycles. The van der Waals surface area contributed by atoms with Crippen LogP contribution in [0.5, 0.6) is 0 Å². The lowest BCUT2D eigenvalue weighted by Crippen LogP contribution is -2.42. The third kappa shape index (κ3) is 1.82. The number of esters is 2. The maximum Gasteiger partial charge on any atom is 0.398 e. The molecule has 1 aliphatic rings. The van der Waals surface area contributed by atoms with Crippen molar-refractivity contribution < 1.29 is 39.5 Å². The number of carbonyl (C=O) groups excluding carboxylic acids is 2. The Labute approximate surface area is 77.3 Å². The van der Waals surface area contributed by atoms with Gasteiger partial charge in [0.15, 0.2) is 12.2 Å². The highest BCUT2D eigenvalue weighted by atomic mass is 16.9. The van der Waals surface area contributed by atoms with Crippen LogP contribution >= 0.6 is 0 Å². The molecule has 0 bridgehead atoms. The highest BCUT2D eigenvalue weighted by molar-refractivity contribution is 5.86. The van der Waals surface area contributed by atoms with Gasteiger partial charge < -0.3 is 29.9 Å². The molecule has 1 saturated heterocycles. The van der Waals surface area contributed by atoms with Crippen LogP contribution in [0.2, 0.25) is 0 Å². The summed E-state index contributed by atoms with van der Waals surface area (Å²) in [6.07, 6.45) is -4.30. The fourth-order valence-corrected chi connectivity index (χ4v) is 0.778. The smallest absolute Gasteiger partial charge is 0.394 e. The van der Waals surface area contributed by atoms with Gasteiger partial charge in [-0.3, -0.25) is 0 Å². The summed E-state index contributed by atoms with van der Waals surface area (Å²) < 4.78 is 8.03. The number of rotatable bonds is 1. The molecule has 0 aliphatic carbocycles. The first-order chi connectivity index (χ1) is 6.39. The molecule has 1 aliphatic heterocycles. The molecule has 0 radical (unpaired) electrons. The summed E-state index contributed by atoms with van der Waals surface area (Å²) in [7, 11) is 0. The van der Waals surface area contributed by atoms with Gasteiger partial charge in [-0.15, -0.1) is 0 Å². The SMILES string of the molecule is O=C1OC(O)(CO)OC(=O)C(O)C1O. The second-order valence-corrected chi connectivity index (χ2v) is 2.60. The van der Waals surface area contributed by atoms with Crippen LogP contribution in [0.1, 0.15) is 0 Å². The van der Waals surface area contributed by atoms with Crippen LogP contribution in [0.4, 0.5) is 0 Å². The Kier molecular flexibility index (Phi) is 2.71. The number of ether oxygens (including phenoxy) is 2. The minimum Gasteiger partial charge on any atom is -0.394 e. The van der Waals surface area contributed by atoms with Crippen LogP contribution in [-0.4, -0.2) is 57.2 Å². The van der Waals surface area contributed by atoms with E-state index in [1.165, 1.54) is 0 Å². The van der Waals surface area contributed by atoms with E-state index in [0.29, 0.717) is 0 Å². The van der Waals surface area contributed by atoms with Crippen molar-refractivity contribution in [1.82, 2.24) is 0 Å². The van der Waals surface area contributed by atoms with E-state index in [1.54, 1.807) is 0 Å². The van der Waals surface area contributed by atoms with Gasteiger partial charge in [-0.25, -0.2) is 9.59 Å². The quantitative estimate of drug-likeness (QED) is 0.325. The van der Waals surface area contributed by atoms with Crippen LogP contribution < -0.4 is 0 Å². The van der Waals surface area contributed by atoms with E-state index in [1.807, 2.05) is 0 Å². The highest BCUT2D eigenvalue weighted by Crippen LogP contribution is 2.17. The monoisotopic (exact) mass is 208 g/mol. The van der Waals surface area contributed by atoms with Gasteiger partial charge in [-0.1, -0.05) is 0 Å². The molecule has 14 heavy (non-hydrogen) atoms. The molecule has 2 atom stereocenters. The standard InChI is InChI=1S/C6H8O8/c7-1-6(12)13-4(10)2(8)3(9)5(11)14-6/h2-3,7-9,12H,1H2. The van der Waals surface area contributed by atoms with Crippen molar-refractivity contribution >= 4 is 11.9 Å². The second kappa shape index (κ2) is 3.50. The van der Waals surface area contributed by atoms with Crippen LogP contribution in [0, 0.1) is 0 Å². The summed E-state index contributed by atoms with van der Waals surface area (Å²) in [6, 6.07) is 0. The zero-order chi connectivity index (χ0) is 10.9. The maximum atomic E-state index is 10.8. The second-order valence-electron chi connectivity index (χ2n) is 2.60. The van der Waals surface area contributed by atoms with E-state index in [9.17, 15) is 9.59 Å². The van der Waals surface area contributed by atoms with Gasteiger partial charge in [-0.2, -0.15) is 0 Å². The van der Waals surface area contributed by atoms with Gasteiger partial charge in [-0.05, 0) is 0 Å². The van der Waals surface area contributed by atoms with Gasteiger partial charge >= 0.3 is 17.9 Å². The molecule has 0 aromatic carbocycles. The molecule has 80 valence electrons. The Morgan fingerprint density at radius 2 is 1.50 bits per heavy atom. The Hall–Kier alpha value is -1.22. The van der Waals surface area contributed by atoms with E-state index in [0.717, 1.165) is 0 Å². The number of aliphatic hydroxyl groups is 4. The summed E-state index contributed by atoms with van der Waals surface area (Å²) in [6.45, 7) is -1.20. The van der Waals surface area contributed by atoms with Crippen LogP contribution in [0.15, 0.2) is 0 Å². The molecule has 4 N–H and O–H groups in total. The van der Waals surface area contributed by atoms with E-state index in [4.69, 9.17) is 20.4 Å². The molecule has 8 heteroatoms. The van der Waals surface area contributed by atoms with Crippen molar-refractivity contribution in [3.63, 3.8) is 0 Å². The van der Waals surface area contributed by atoms with Gasteiger partial charge in [0.1, 0.15) is 6.61 Å². The number of aliphatic hydroxyl groups excluding tert-OH is 3. The number of cyclic esters (lactones) is 2. The summed E-state index contributed by atoms with van der Waals surface area (Å²) in [4.78, 5) is 21.6. The lowest BCUT2D eigenvalue weighted by molar-refractivity contribution is -0.334. The van der Waals surface area contributed by atoms with E-state index in [-0.39, 0.29) is 0 Å². The first-order valence-corrected chi connectivity index (χ1v) is 3.55. The number of hydrogen-bond donors (Lipinski definition) is 4. The number of carbonyl (C=O) groups is 2. The first kappa shape index (κ1) is 10.9. The highest BCUT2D eigenvalue weighted by Gasteiger charge is 2.47. The average Bonchev–Trinajstić information content (AvgIpc) is 2.20. The summed E-state index contributed by atoms with van der Waals surface area (Å²) in [5, 5.41) is 35.4. The molecule has 1 rings (SSSR count). The third-order valence-electron chi connectivity index (χ3n) is 1.50. The van der Waals surface area contributed by atoms with Crippen molar-refractivity contribution in [2.24, 2.45) is 0 Å². The molecule has 0 spiro atoms. The lowest BCUT2D eigenvalue weighted by atomic mass is 10.2. The van der Waals surface area contributed by atoms with Crippen LogP contribution in [0.3, 0.4) is 0 Å². The van der Waals surface area contributed by atoms with E-state index < -0.39 is 36.7 Å². The Bertz CT molecular complexity index is 239. The molecule has 2 unspecified atom stereocenters. The Morgan fingerprint density at radius 1 is 1.14 bits per heavy atom. The van der Waals surface area contributed by atoms with Crippen LogP contribution in [-0.2, 0) is 19.1 Å². The molecular weight excluding hydrogens is 200 g/mol. The molecular formula is C6H8O8. The van der Waals surface area contributed by atoms with Gasteiger partial charge in [0.25, 0.3) is 0 Å². The van der Waals surface area contributed by atoms with Crippen molar-refractivity contribution in [1.29, 1.82) is 0 Å². The normalized spacial score (nSPS) is 38.6. The third-order valence-corrected chi connectivity index (χ3v) is 1.50. The first-order valence-electron chi connectivity index (χ1n) is 3.55. The number of hydrogen-bond acceptors (Lipinski definition) is 8. The van der Waals surface area contributed by atoms with E-state index in [2.05, 4.69) is 9.47 Å². The van der Waals surface area contributed by atoms with Crippen molar-refractivity contribution in [2.45, 2.75) is 18.2 Å². The van der Waals surface area contributed by atoms with Gasteiger partial charge in [0.2, 0.25) is 0 Å². The predicted octanol–water partition coefficient (Wildman–Crippen LogP) is -3.55. The van der Waals surface area contributed by atoms with Crippen molar-refractivity contribution in [3.05, 3.63) is 0 Å². The molecule has 8 nitrogen and oxygen atoms in total. The summed E-state index contributed by atoms with van der Waals surface area (Å²) in [5.74, 6) is -5.80. The van der Waals surface area contributed by atoms with Crippen LogP contribution in [0.25, 0.3) is 0 Å². The summed E-state index contributed by atoms with van der Waals surface area (Å²) in [5.41, 5.74) is 0. The minimum absolute atomic E-state index is 1.20. The molecule has 1 heterocycles. The van der Waals surface area contributed by atoms with Crippen molar-refractivity contribution in [3.8, 4) is 0 Å². The van der Waals surface area contributed by atoms with Gasteiger partial charge in [0, 0.05) is 0 Å². The Morgan fingerprint density at radius 3 is 1.79 bits per heavy atom. The van der Waals surface area contributed by atoms with Crippen molar-refractivity contribution in [2.75, 3.05) is 6.61 Å².